The first-order valence-corrected chi connectivity index (χ1v) is 12.6. The molecule has 37 heavy (non-hydrogen) atoms. The summed E-state index contributed by atoms with van der Waals surface area (Å²) in [5, 5.41) is 18.0. The zero-order chi connectivity index (χ0) is 25.8. The molecule has 0 saturated carbocycles. The number of amides is 1. The molecule has 1 unspecified atom stereocenters. The molecule has 0 bridgehead atoms. The van der Waals surface area contributed by atoms with E-state index in [1.807, 2.05) is 43.3 Å². The van der Waals surface area contributed by atoms with Crippen LogP contribution >= 0.6 is 0 Å². The minimum atomic E-state index is -0.458. The van der Waals surface area contributed by atoms with Crippen LogP contribution in [0.15, 0.2) is 67.0 Å². The SMILES string of the molecule is CCCCOc1ccc(C2c3c(-c4ccccc4O)n[nH]c3C(=O)N2Cc2cccnc2)cc1OCC. The van der Waals surface area contributed by atoms with Gasteiger partial charge in [0.25, 0.3) is 5.91 Å². The smallest absolute Gasteiger partial charge is 0.273 e. The third kappa shape index (κ3) is 4.74. The number of hydrogen-bond donors (Lipinski definition) is 2. The fourth-order valence-electron chi connectivity index (χ4n) is 4.68. The highest BCUT2D eigenvalue weighted by Gasteiger charge is 2.42. The van der Waals surface area contributed by atoms with Crippen molar-refractivity contribution in [3.05, 3.63) is 89.4 Å². The van der Waals surface area contributed by atoms with Gasteiger partial charge in [-0.1, -0.05) is 37.6 Å². The molecule has 8 heteroatoms. The number of para-hydroxylation sites is 1. The molecule has 3 heterocycles. The number of benzene rings is 2. The Labute approximate surface area is 215 Å². The molecule has 8 nitrogen and oxygen atoms in total. The van der Waals surface area contributed by atoms with Crippen molar-refractivity contribution < 1.29 is 19.4 Å². The highest BCUT2D eigenvalue weighted by atomic mass is 16.5. The van der Waals surface area contributed by atoms with Crippen LogP contribution in [0.3, 0.4) is 0 Å². The predicted molar refractivity (Wildman–Crippen MR) is 140 cm³/mol. The van der Waals surface area contributed by atoms with Crippen LogP contribution in [0.2, 0.25) is 0 Å². The van der Waals surface area contributed by atoms with Gasteiger partial charge in [0.1, 0.15) is 17.1 Å². The molecule has 1 aliphatic rings. The number of ether oxygens (including phenoxy) is 2. The average Bonchev–Trinajstić information content (AvgIpc) is 3.45. The second kappa shape index (κ2) is 10.7. The molecule has 1 aliphatic heterocycles. The number of carbonyl (C=O) groups excluding carboxylic acids is 1. The summed E-state index contributed by atoms with van der Waals surface area (Å²) in [6.07, 6.45) is 5.45. The van der Waals surface area contributed by atoms with Gasteiger partial charge in [-0.15, -0.1) is 0 Å². The topological polar surface area (TPSA) is 101 Å². The van der Waals surface area contributed by atoms with Gasteiger partial charge in [-0.3, -0.25) is 14.9 Å². The Kier molecular flexibility index (Phi) is 7.07. The van der Waals surface area contributed by atoms with Crippen LogP contribution in [-0.2, 0) is 6.54 Å². The molecule has 4 aromatic rings. The average molecular weight is 499 g/mol. The summed E-state index contributed by atoms with van der Waals surface area (Å²) in [4.78, 5) is 19.7. The van der Waals surface area contributed by atoms with E-state index in [2.05, 4.69) is 22.1 Å². The molecule has 190 valence electrons. The van der Waals surface area contributed by atoms with Crippen LogP contribution < -0.4 is 9.47 Å². The minimum absolute atomic E-state index is 0.100. The van der Waals surface area contributed by atoms with Gasteiger partial charge in [-0.25, -0.2) is 0 Å². The molecular formula is C29H30N4O4. The quantitative estimate of drug-likeness (QED) is 0.280. The highest BCUT2D eigenvalue weighted by Crippen LogP contribution is 2.46. The summed E-state index contributed by atoms with van der Waals surface area (Å²) < 4.78 is 11.9. The number of phenols is 1. The number of H-pyrrole nitrogens is 1. The van der Waals surface area contributed by atoms with E-state index >= 15 is 0 Å². The lowest BCUT2D eigenvalue weighted by atomic mass is 9.95. The molecule has 2 aromatic carbocycles. The fourth-order valence-corrected chi connectivity index (χ4v) is 4.68. The van der Waals surface area contributed by atoms with Gasteiger partial charge in [-0.2, -0.15) is 5.10 Å². The van der Waals surface area contributed by atoms with Gasteiger partial charge in [0.05, 0.1) is 19.3 Å². The summed E-state index contributed by atoms with van der Waals surface area (Å²) in [5.41, 5.74) is 4.01. The van der Waals surface area contributed by atoms with E-state index in [0.717, 1.165) is 29.5 Å². The van der Waals surface area contributed by atoms with Crippen molar-refractivity contribution in [1.29, 1.82) is 0 Å². The van der Waals surface area contributed by atoms with Crippen LogP contribution in [0.4, 0.5) is 0 Å². The van der Waals surface area contributed by atoms with Crippen LogP contribution in [-0.4, -0.2) is 44.3 Å². The van der Waals surface area contributed by atoms with E-state index in [9.17, 15) is 9.90 Å². The van der Waals surface area contributed by atoms with Crippen molar-refractivity contribution in [2.75, 3.05) is 13.2 Å². The van der Waals surface area contributed by atoms with Crippen molar-refractivity contribution in [2.45, 2.75) is 39.3 Å². The van der Waals surface area contributed by atoms with Gasteiger partial charge < -0.3 is 19.5 Å². The molecular weight excluding hydrogens is 468 g/mol. The number of aromatic hydroxyl groups is 1. The third-order valence-corrected chi connectivity index (χ3v) is 6.44. The monoisotopic (exact) mass is 498 g/mol. The first-order chi connectivity index (χ1) is 18.1. The number of nitrogens with zero attached hydrogens (tertiary/aromatic N) is 3. The summed E-state index contributed by atoms with van der Waals surface area (Å²) in [5.74, 6) is 1.24. The second-order valence-corrected chi connectivity index (χ2v) is 8.92. The summed E-state index contributed by atoms with van der Waals surface area (Å²) >= 11 is 0. The number of phenolic OH excluding ortho intramolecular Hbond substituents is 1. The molecule has 0 aliphatic carbocycles. The lowest BCUT2D eigenvalue weighted by Gasteiger charge is -2.27. The maximum absolute atomic E-state index is 13.7. The number of rotatable bonds is 10. The van der Waals surface area contributed by atoms with Crippen LogP contribution in [0.1, 0.15) is 59.9 Å². The molecule has 2 N–H and O–H groups in total. The predicted octanol–water partition coefficient (Wildman–Crippen LogP) is 5.50. The Bertz CT molecular complexity index is 1390. The van der Waals surface area contributed by atoms with Gasteiger partial charge >= 0.3 is 0 Å². The van der Waals surface area contributed by atoms with Crippen LogP contribution in [0.5, 0.6) is 17.2 Å². The van der Waals surface area contributed by atoms with E-state index in [4.69, 9.17) is 9.47 Å². The Balaban J connectivity index is 1.62. The fraction of sp³-hybridized carbons (Fsp3) is 0.276. The van der Waals surface area contributed by atoms with E-state index in [1.54, 1.807) is 35.5 Å². The van der Waals surface area contributed by atoms with Crippen molar-refractivity contribution >= 4 is 5.91 Å². The lowest BCUT2D eigenvalue weighted by Crippen LogP contribution is -2.29. The molecule has 2 aromatic heterocycles. The van der Waals surface area contributed by atoms with Crippen molar-refractivity contribution in [1.82, 2.24) is 20.1 Å². The largest absolute Gasteiger partial charge is 0.507 e. The standard InChI is InChI=1S/C29H30N4O4/c1-3-5-15-37-23-13-12-20(16-24(23)36-4-2)28-25-26(21-10-6-7-11-22(21)34)31-32-27(25)29(35)33(28)18-19-9-8-14-30-17-19/h6-14,16-17,28,34H,3-5,15,18H2,1-2H3,(H,31,32). The van der Waals surface area contributed by atoms with Gasteiger partial charge in [0.15, 0.2) is 11.5 Å². The van der Waals surface area contributed by atoms with Crippen molar-refractivity contribution in [3.63, 3.8) is 0 Å². The molecule has 0 spiro atoms. The molecule has 5 rings (SSSR count). The maximum Gasteiger partial charge on any atom is 0.273 e. The van der Waals surface area contributed by atoms with Crippen molar-refractivity contribution in [2.24, 2.45) is 0 Å². The number of unbranched alkanes of at least 4 members (excludes halogenated alkanes) is 1. The van der Waals surface area contributed by atoms with Crippen molar-refractivity contribution in [3.8, 4) is 28.5 Å². The van der Waals surface area contributed by atoms with Gasteiger partial charge in [0.2, 0.25) is 0 Å². The number of hydrogen-bond acceptors (Lipinski definition) is 6. The van der Waals surface area contributed by atoms with Gasteiger partial charge in [-0.05, 0) is 54.8 Å². The number of aromatic nitrogens is 3. The molecule has 0 fully saturated rings. The Morgan fingerprint density at radius 1 is 1.05 bits per heavy atom. The first kappa shape index (κ1) is 24.4. The number of nitrogens with one attached hydrogen (secondary N) is 1. The summed E-state index contributed by atoms with van der Waals surface area (Å²) in [7, 11) is 0. The number of fused-ring (bicyclic) bond motifs is 1. The van der Waals surface area contributed by atoms with E-state index in [1.165, 1.54) is 0 Å². The highest BCUT2D eigenvalue weighted by molar-refractivity contribution is 6.00. The Morgan fingerprint density at radius 2 is 1.92 bits per heavy atom. The van der Waals surface area contributed by atoms with E-state index in [0.29, 0.717) is 48.2 Å². The Hall–Kier alpha value is -4.33. The summed E-state index contributed by atoms with van der Waals surface area (Å²) in [6.45, 7) is 5.50. The molecule has 0 saturated heterocycles. The normalized spacial score (nSPS) is 14.6. The number of aromatic amines is 1. The minimum Gasteiger partial charge on any atom is -0.507 e. The first-order valence-electron chi connectivity index (χ1n) is 12.6. The van der Waals surface area contributed by atoms with Gasteiger partial charge in [0, 0.05) is 30.1 Å². The van der Waals surface area contributed by atoms with Crippen LogP contribution in [0.25, 0.3) is 11.3 Å². The maximum atomic E-state index is 13.7. The molecule has 1 atom stereocenters. The number of pyridine rings is 1. The second-order valence-electron chi connectivity index (χ2n) is 8.92. The zero-order valence-corrected chi connectivity index (χ0v) is 21.0. The lowest BCUT2D eigenvalue weighted by molar-refractivity contribution is 0.0729. The molecule has 0 radical (unpaired) electrons. The number of carbonyl (C=O) groups is 1. The summed E-state index contributed by atoms with van der Waals surface area (Å²) in [6, 6.07) is 16.2. The van der Waals surface area contributed by atoms with E-state index < -0.39 is 6.04 Å². The third-order valence-electron chi connectivity index (χ3n) is 6.44. The van der Waals surface area contributed by atoms with Crippen LogP contribution in [0, 0.1) is 0 Å². The zero-order valence-electron chi connectivity index (χ0n) is 21.0. The Morgan fingerprint density at radius 3 is 2.68 bits per heavy atom. The van der Waals surface area contributed by atoms with E-state index in [-0.39, 0.29) is 11.7 Å². The molecule has 1 amide bonds.